The van der Waals surface area contributed by atoms with Gasteiger partial charge in [0.15, 0.2) is 4.80 Å². The first-order valence-electron chi connectivity index (χ1n) is 11.7. The largest absolute Gasteiger partial charge is 0.478 e. The zero-order chi connectivity index (χ0) is 27.0. The molecule has 0 spiro atoms. The number of halogens is 1. The lowest BCUT2D eigenvalue weighted by atomic mass is 9.96. The number of rotatable bonds is 6. The van der Waals surface area contributed by atoms with Crippen LogP contribution in [0.2, 0.25) is 0 Å². The highest BCUT2D eigenvalue weighted by molar-refractivity contribution is 7.07. The normalized spacial score (nSPS) is 15.2. The summed E-state index contributed by atoms with van der Waals surface area (Å²) in [5.41, 5.74) is 1.21. The summed E-state index contributed by atoms with van der Waals surface area (Å²) >= 11 is 1.12. The predicted octanol–water partition coefficient (Wildman–Crippen LogP) is 3.90. The fourth-order valence-electron chi connectivity index (χ4n) is 4.34. The van der Waals surface area contributed by atoms with Crippen LogP contribution in [0.25, 0.3) is 17.4 Å². The molecule has 0 unspecified atom stereocenters. The van der Waals surface area contributed by atoms with Crippen molar-refractivity contribution < 1.29 is 28.2 Å². The van der Waals surface area contributed by atoms with Gasteiger partial charge in [0, 0.05) is 11.6 Å². The SMILES string of the molecule is CCOC(=O)C1=C(C)N=c2s/c(=C\c3ccc(-c4ccccc4C(=O)O)o3)c(=O)n2[C@H]1c1ccc(F)cc1. The maximum atomic E-state index is 13.7. The van der Waals surface area contributed by atoms with Gasteiger partial charge in [-0.15, -0.1) is 0 Å². The van der Waals surface area contributed by atoms with Gasteiger partial charge in [0.1, 0.15) is 17.3 Å². The van der Waals surface area contributed by atoms with E-state index in [9.17, 15) is 23.9 Å². The number of allylic oxidation sites excluding steroid dienone is 1. The second-order valence-electron chi connectivity index (χ2n) is 8.41. The smallest absolute Gasteiger partial charge is 0.338 e. The highest BCUT2D eigenvalue weighted by Gasteiger charge is 2.33. The Morgan fingerprint density at radius 2 is 1.89 bits per heavy atom. The number of hydrogen-bond acceptors (Lipinski definition) is 7. The van der Waals surface area contributed by atoms with Gasteiger partial charge < -0.3 is 14.3 Å². The number of thiazole rings is 1. The quantitative estimate of drug-likeness (QED) is 0.377. The molecule has 4 aromatic rings. The highest BCUT2D eigenvalue weighted by atomic mass is 32.1. The molecule has 3 heterocycles. The van der Waals surface area contributed by atoms with Crippen LogP contribution in [0, 0.1) is 5.82 Å². The first-order valence-corrected chi connectivity index (χ1v) is 12.5. The summed E-state index contributed by atoms with van der Waals surface area (Å²) in [5, 5.41) is 9.49. The van der Waals surface area contributed by atoms with Crippen molar-refractivity contribution in [2.45, 2.75) is 19.9 Å². The summed E-state index contributed by atoms with van der Waals surface area (Å²) in [6, 6.07) is 14.4. The number of aromatic nitrogens is 1. The Morgan fingerprint density at radius 3 is 2.61 bits per heavy atom. The van der Waals surface area contributed by atoms with E-state index in [0.29, 0.717) is 37.7 Å². The average Bonchev–Trinajstić information content (AvgIpc) is 3.48. The summed E-state index contributed by atoms with van der Waals surface area (Å²) in [7, 11) is 0. The van der Waals surface area contributed by atoms with Gasteiger partial charge in [-0.25, -0.2) is 19.0 Å². The maximum Gasteiger partial charge on any atom is 0.338 e. The number of carboxylic acids is 1. The maximum absolute atomic E-state index is 13.7. The van der Waals surface area contributed by atoms with Crippen molar-refractivity contribution in [2.75, 3.05) is 6.61 Å². The van der Waals surface area contributed by atoms with E-state index in [1.807, 2.05) is 0 Å². The van der Waals surface area contributed by atoms with E-state index >= 15 is 0 Å². The number of aromatic carboxylic acids is 1. The summed E-state index contributed by atoms with van der Waals surface area (Å²) in [5.74, 6) is -1.46. The third-order valence-corrected chi connectivity index (χ3v) is 7.01. The van der Waals surface area contributed by atoms with Gasteiger partial charge in [0.25, 0.3) is 5.56 Å². The predicted molar refractivity (Wildman–Crippen MR) is 138 cm³/mol. The Bertz CT molecular complexity index is 1780. The molecule has 0 saturated heterocycles. The lowest BCUT2D eigenvalue weighted by Gasteiger charge is -2.24. The topological polar surface area (TPSA) is 111 Å². The molecular weight excluding hydrogens is 511 g/mol. The summed E-state index contributed by atoms with van der Waals surface area (Å²) in [6.45, 7) is 3.49. The van der Waals surface area contributed by atoms with Crippen molar-refractivity contribution in [1.82, 2.24) is 4.57 Å². The molecule has 0 bridgehead atoms. The Labute approximate surface area is 219 Å². The number of carboxylic acid groups (broad SMARTS) is 1. The molecule has 1 N–H and O–H groups in total. The molecule has 2 aromatic heterocycles. The van der Waals surface area contributed by atoms with Gasteiger partial charge in [0.2, 0.25) is 0 Å². The molecule has 0 saturated carbocycles. The van der Waals surface area contributed by atoms with Crippen LogP contribution in [-0.2, 0) is 9.53 Å². The molecule has 1 aliphatic heterocycles. The van der Waals surface area contributed by atoms with Crippen molar-refractivity contribution in [1.29, 1.82) is 0 Å². The van der Waals surface area contributed by atoms with E-state index in [4.69, 9.17) is 9.15 Å². The number of fused-ring (bicyclic) bond motifs is 1. The number of carbonyl (C=O) groups excluding carboxylic acids is 1. The molecule has 10 heteroatoms. The van der Waals surface area contributed by atoms with Crippen LogP contribution in [0.4, 0.5) is 4.39 Å². The Morgan fingerprint density at radius 1 is 1.16 bits per heavy atom. The lowest BCUT2D eigenvalue weighted by Crippen LogP contribution is -2.39. The number of ether oxygens (including phenoxy) is 1. The molecule has 2 aromatic carbocycles. The Hall–Kier alpha value is -4.57. The second kappa shape index (κ2) is 10.1. The fraction of sp³-hybridized carbons (Fsp3) is 0.143. The number of benzene rings is 2. The molecular formula is C28H21FN2O6S. The summed E-state index contributed by atoms with van der Waals surface area (Å²) in [6.07, 6.45) is 1.54. The van der Waals surface area contributed by atoms with Gasteiger partial charge in [-0.2, -0.15) is 0 Å². The van der Waals surface area contributed by atoms with Gasteiger partial charge in [-0.05, 0) is 49.7 Å². The number of carbonyl (C=O) groups is 2. The number of furan rings is 1. The zero-order valence-corrected chi connectivity index (χ0v) is 21.1. The van der Waals surface area contributed by atoms with Crippen LogP contribution in [0.15, 0.2) is 86.1 Å². The van der Waals surface area contributed by atoms with Crippen LogP contribution in [0.5, 0.6) is 0 Å². The fourth-order valence-corrected chi connectivity index (χ4v) is 5.37. The molecule has 5 rings (SSSR count). The van der Waals surface area contributed by atoms with E-state index in [0.717, 1.165) is 11.3 Å². The van der Waals surface area contributed by atoms with E-state index in [1.165, 1.54) is 34.9 Å². The zero-order valence-electron chi connectivity index (χ0n) is 20.3. The second-order valence-corrected chi connectivity index (χ2v) is 9.42. The standard InChI is InChI=1S/C28H21FN2O6S/c1-3-36-27(35)23-15(2)30-28-31(24(23)16-8-10-17(29)11-9-16)25(32)22(38-28)14-18-12-13-21(37-18)19-6-4-5-7-20(19)26(33)34/h4-14,24H,3H2,1-2H3,(H,33,34)/b22-14-/t24-/m0/s1. The van der Waals surface area contributed by atoms with E-state index in [2.05, 4.69) is 4.99 Å². The molecule has 0 radical (unpaired) electrons. The van der Waals surface area contributed by atoms with E-state index < -0.39 is 29.4 Å². The van der Waals surface area contributed by atoms with Gasteiger partial charge >= 0.3 is 11.9 Å². The number of esters is 1. The highest BCUT2D eigenvalue weighted by Crippen LogP contribution is 2.31. The van der Waals surface area contributed by atoms with Crippen molar-refractivity contribution in [3.8, 4) is 11.3 Å². The summed E-state index contributed by atoms with van der Waals surface area (Å²) < 4.78 is 26.5. The monoisotopic (exact) mass is 532 g/mol. The molecule has 8 nitrogen and oxygen atoms in total. The van der Waals surface area contributed by atoms with Crippen LogP contribution < -0.4 is 14.9 Å². The number of hydrogen-bond donors (Lipinski definition) is 1. The molecule has 0 amide bonds. The molecule has 1 aliphatic rings. The number of nitrogens with zero attached hydrogens (tertiary/aromatic N) is 2. The van der Waals surface area contributed by atoms with Crippen LogP contribution in [0.3, 0.4) is 0 Å². The minimum absolute atomic E-state index is 0.0917. The Balaban J connectivity index is 1.64. The third kappa shape index (κ3) is 4.50. The third-order valence-electron chi connectivity index (χ3n) is 6.03. The van der Waals surface area contributed by atoms with Crippen molar-refractivity contribution in [3.05, 3.63) is 114 Å². The van der Waals surface area contributed by atoms with Gasteiger partial charge in [-0.1, -0.05) is 41.7 Å². The van der Waals surface area contributed by atoms with Gasteiger partial charge in [-0.3, -0.25) is 9.36 Å². The van der Waals surface area contributed by atoms with Crippen molar-refractivity contribution in [2.24, 2.45) is 4.99 Å². The van der Waals surface area contributed by atoms with Crippen molar-refractivity contribution >= 4 is 29.4 Å². The van der Waals surface area contributed by atoms with Crippen LogP contribution in [-0.4, -0.2) is 28.2 Å². The Kier molecular flexibility index (Phi) is 6.64. The first-order chi connectivity index (χ1) is 18.3. The van der Waals surface area contributed by atoms with Crippen LogP contribution in [0.1, 0.15) is 41.6 Å². The molecule has 0 fully saturated rings. The molecule has 1 atom stereocenters. The van der Waals surface area contributed by atoms with Crippen LogP contribution >= 0.6 is 11.3 Å². The molecule has 192 valence electrons. The van der Waals surface area contributed by atoms with Gasteiger partial charge in [0.05, 0.1) is 34.0 Å². The van der Waals surface area contributed by atoms with E-state index in [-0.39, 0.29) is 17.7 Å². The molecule has 0 aliphatic carbocycles. The lowest BCUT2D eigenvalue weighted by molar-refractivity contribution is -0.139. The average molecular weight is 533 g/mol. The van der Waals surface area contributed by atoms with Crippen molar-refractivity contribution in [3.63, 3.8) is 0 Å². The molecule has 38 heavy (non-hydrogen) atoms. The minimum atomic E-state index is -1.08. The van der Waals surface area contributed by atoms with E-state index in [1.54, 1.807) is 50.3 Å². The minimum Gasteiger partial charge on any atom is -0.478 e. The first kappa shape index (κ1) is 25.1. The summed E-state index contributed by atoms with van der Waals surface area (Å²) in [4.78, 5) is 43.0.